The van der Waals surface area contributed by atoms with E-state index in [0.29, 0.717) is 5.56 Å². The monoisotopic (exact) mass is 153 g/mol. The second-order valence-corrected chi connectivity index (χ2v) is 2.66. The summed E-state index contributed by atoms with van der Waals surface area (Å²) in [4.78, 5) is 10.6. The number of benzene rings is 1. The van der Waals surface area contributed by atoms with Gasteiger partial charge in [-0.15, -0.1) is 9.24 Å². The van der Waals surface area contributed by atoms with Crippen LogP contribution in [0.3, 0.4) is 0 Å². The Bertz CT molecular complexity index is 260. The van der Waals surface area contributed by atoms with Crippen LogP contribution < -0.4 is 11.0 Å². The molecule has 2 N–H and O–H groups in total. The number of nitrogens with two attached hydrogens (primary N) is 1. The van der Waals surface area contributed by atoms with Gasteiger partial charge in [0.15, 0.2) is 0 Å². The van der Waals surface area contributed by atoms with Gasteiger partial charge in [-0.1, -0.05) is 12.1 Å². The molecule has 0 bridgehead atoms. The van der Waals surface area contributed by atoms with Gasteiger partial charge in [-0.05, 0) is 17.4 Å². The van der Waals surface area contributed by atoms with Crippen molar-refractivity contribution in [2.24, 2.45) is 5.73 Å². The highest BCUT2D eigenvalue weighted by atomic mass is 31.0. The van der Waals surface area contributed by atoms with Crippen LogP contribution in [0.2, 0.25) is 0 Å². The van der Waals surface area contributed by atoms with Gasteiger partial charge < -0.3 is 5.73 Å². The Balaban J connectivity index is 3.07. The highest BCUT2D eigenvalue weighted by molar-refractivity contribution is 7.27. The first-order valence-electron chi connectivity index (χ1n) is 2.85. The summed E-state index contributed by atoms with van der Waals surface area (Å²) in [5.74, 6) is -0.385. The van der Waals surface area contributed by atoms with E-state index in [0.717, 1.165) is 5.30 Å². The SMILES string of the molecule is NC(=O)c1cccc(P)c1. The van der Waals surface area contributed by atoms with Crippen LogP contribution in [-0.4, -0.2) is 5.91 Å². The molecule has 0 aliphatic carbocycles. The van der Waals surface area contributed by atoms with Gasteiger partial charge in [-0.2, -0.15) is 0 Å². The maximum atomic E-state index is 10.6. The normalized spacial score (nSPS) is 9.30. The molecular weight excluding hydrogens is 145 g/mol. The Labute approximate surface area is 61.6 Å². The van der Waals surface area contributed by atoms with Crippen LogP contribution in [0.4, 0.5) is 0 Å². The van der Waals surface area contributed by atoms with Gasteiger partial charge in [-0.25, -0.2) is 0 Å². The first-order valence-corrected chi connectivity index (χ1v) is 3.43. The minimum Gasteiger partial charge on any atom is -0.366 e. The Morgan fingerprint density at radius 2 is 2.20 bits per heavy atom. The lowest BCUT2D eigenvalue weighted by atomic mass is 10.2. The number of hydrogen-bond donors (Lipinski definition) is 1. The van der Waals surface area contributed by atoms with Gasteiger partial charge in [0.1, 0.15) is 0 Å². The van der Waals surface area contributed by atoms with Gasteiger partial charge in [0.2, 0.25) is 5.91 Å². The van der Waals surface area contributed by atoms with Gasteiger partial charge >= 0.3 is 0 Å². The molecule has 0 radical (unpaired) electrons. The van der Waals surface area contributed by atoms with E-state index < -0.39 is 0 Å². The Morgan fingerprint density at radius 1 is 1.50 bits per heavy atom. The lowest BCUT2D eigenvalue weighted by Gasteiger charge is -1.94. The fourth-order valence-corrected chi connectivity index (χ4v) is 0.983. The van der Waals surface area contributed by atoms with Gasteiger partial charge in [0.25, 0.3) is 0 Å². The van der Waals surface area contributed by atoms with Crippen LogP contribution in [0.25, 0.3) is 0 Å². The van der Waals surface area contributed by atoms with E-state index in [1.165, 1.54) is 0 Å². The summed E-state index contributed by atoms with van der Waals surface area (Å²) < 4.78 is 0. The molecule has 1 unspecified atom stereocenters. The maximum absolute atomic E-state index is 10.6. The Hall–Kier alpha value is -0.880. The average Bonchev–Trinajstić information content (AvgIpc) is 1.88. The molecule has 10 heavy (non-hydrogen) atoms. The highest BCUT2D eigenvalue weighted by Gasteiger charge is 1.96. The number of hydrogen-bond acceptors (Lipinski definition) is 1. The molecule has 0 aliphatic rings. The molecular formula is C7H8NOP. The summed E-state index contributed by atoms with van der Waals surface area (Å²) in [7, 11) is 2.50. The second-order valence-electron chi connectivity index (χ2n) is 1.99. The van der Waals surface area contributed by atoms with E-state index in [1.807, 2.05) is 6.07 Å². The summed E-state index contributed by atoms with van der Waals surface area (Å²) >= 11 is 0. The minimum absolute atomic E-state index is 0.385. The second kappa shape index (κ2) is 2.80. The fourth-order valence-electron chi connectivity index (χ4n) is 0.692. The van der Waals surface area contributed by atoms with Crippen LogP contribution in [0.5, 0.6) is 0 Å². The molecule has 0 spiro atoms. The minimum atomic E-state index is -0.385. The van der Waals surface area contributed by atoms with Gasteiger partial charge in [0.05, 0.1) is 0 Å². The molecule has 0 aliphatic heterocycles. The standard InChI is InChI=1S/C7H8NOP/c8-7(9)5-2-1-3-6(10)4-5/h1-4H,10H2,(H2,8,9). The van der Waals surface area contributed by atoms with Crippen molar-refractivity contribution in [3.63, 3.8) is 0 Å². The molecule has 2 nitrogen and oxygen atoms in total. The van der Waals surface area contributed by atoms with Crippen LogP contribution in [0.15, 0.2) is 24.3 Å². The number of carbonyl (C=O) groups is 1. The van der Waals surface area contributed by atoms with E-state index in [2.05, 4.69) is 9.24 Å². The van der Waals surface area contributed by atoms with Gasteiger partial charge in [0, 0.05) is 5.56 Å². The Kier molecular flexibility index (Phi) is 2.03. The zero-order valence-corrected chi connectivity index (χ0v) is 6.53. The largest absolute Gasteiger partial charge is 0.366 e. The van der Waals surface area contributed by atoms with Crippen molar-refractivity contribution in [3.8, 4) is 0 Å². The predicted octanol–water partition coefficient (Wildman–Crippen LogP) is 0.286. The van der Waals surface area contributed by atoms with E-state index >= 15 is 0 Å². The number of primary amides is 1. The van der Waals surface area contributed by atoms with Crippen LogP contribution >= 0.6 is 9.24 Å². The molecule has 1 atom stereocenters. The smallest absolute Gasteiger partial charge is 0.248 e. The molecule has 0 fully saturated rings. The molecule has 1 rings (SSSR count). The number of amides is 1. The Morgan fingerprint density at radius 3 is 2.60 bits per heavy atom. The van der Waals surface area contributed by atoms with E-state index in [-0.39, 0.29) is 5.91 Å². The van der Waals surface area contributed by atoms with Crippen molar-refractivity contribution >= 4 is 20.5 Å². The molecule has 0 saturated carbocycles. The molecule has 3 heteroatoms. The van der Waals surface area contributed by atoms with Crippen LogP contribution in [-0.2, 0) is 0 Å². The van der Waals surface area contributed by atoms with Crippen LogP contribution in [0, 0.1) is 0 Å². The number of carbonyl (C=O) groups excluding carboxylic acids is 1. The lowest BCUT2D eigenvalue weighted by Crippen LogP contribution is -2.12. The van der Waals surface area contributed by atoms with Crippen molar-refractivity contribution in [1.29, 1.82) is 0 Å². The third-order valence-electron chi connectivity index (χ3n) is 1.17. The molecule has 1 amide bonds. The van der Waals surface area contributed by atoms with Gasteiger partial charge in [-0.3, -0.25) is 4.79 Å². The lowest BCUT2D eigenvalue weighted by molar-refractivity contribution is 0.100. The average molecular weight is 153 g/mol. The predicted molar refractivity (Wildman–Crippen MR) is 44.3 cm³/mol. The zero-order chi connectivity index (χ0) is 7.56. The van der Waals surface area contributed by atoms with E-state index in [1.54, 1.807) is 18.2 Å². The van der Waals surface area contributed by atoms with E-state index in [4.69, 9.17) is 5.73 Å². The van der Waals surface area contributed by atoms with Crippen LogP contribution in [0.1, 0.15) is 10.4 Å². The zero-order valence-electron chi connectivity index (χ0n) is 5.37. The van der Waals surface area contributed by atoms with Crippen molar-refractivity contribution < 1.29 is 4.79 Å². The summed E-state index contributed by atoms with van der Waals surface area (Å²) in [6, 6.07) is 7.10. The third kappa shape index (κ3) is 1.55. The first-order chi connectivity index (χ1) is 4.70. The molecule has 0 aromatic heterocycles. The van der Waals surface area contributed by atoms with E-state index in [9.17, 15) is 4.79 Å². The maximum Gasteiger partial charge on any atom is 0.248 e. The molecule has 0 heterocycles. The van der Waals surface area contributed by atoms with Crippen molar-refractivity contribution in [1.82, 2.24) is 0 Å². The summed E-state index contributed by atoms with van der Waals surface area (Å²) in [5.41, 5.74) is 5.58. The highest BCUT2D eigenvalue weighted by Crippen LogP contribution is 1.97. The van der Waals surface area contributed by atoms with Crippen molar-refractivity contribution in [2.75, 3.05) is 0 Å². The molecule has 1 aromatic rings. The first kappa shape index (κ1) is 7.23. The molecule has 52 valence electrons. The summed E-state index contributed by atoms with van der Waals surface area (Å²) in [6.07, 6.45) is 0. The summed E-state index contributed by atoms with van der Waals surface area (Å²) in [5, 5.41) is 0.969. The molecule has 1 aromatic carbocycles. The molecule has 0 saturated heterocycles. The van der Waals surface area contributed by atoms with Crippen molar-refractivity contribution in [2.45, 2.75) is 0 Å². The number of rotatable bonds is 1. The van der Waals surface area contributed by atoms with Crippen molar-refractivity contribution in [3.05, 3.63) is 29.8 Å². The quantitative estimate of drug-likeness (QED) is 0.579. The third-order valence-corrected chi connectivity index (χ3v) is 1.53. The fraction of sp³-hybridized carbons (Fsp3) is 0. The summed E-state index contributed by atoms with van der Waals surface area (Å²) in [6.45, 7) is 0. The topological polar surface area (TPSA) is 43.1 Å².